The van der Waals surface area contributed by atoms with Crippen LogP contribution in [0.15, 0.2) is 0 Å². The van der Waals surface area contributed by atoms with Gasteiger partial charge in [-0.2, -0.15) is 0 Å². The summed E-state index contributed by atoms with van der Waals surface area (Å²) in [5, 5.41) is 0. The summed E-state index contributed by atoms with van der Waals surface area (Å²) in [6.45, 7) is 6.99. The number of amides is 1. The number of hydrogen-bond acceptors (Lipinski definition) is 3. The van der Waals surface area contributed by atoms with Crippen LogP contribution in [0.4, 0.5) is 9.18 Å². The van der Waals surface area contributed by atoms with E-state index < -0.39 is 6.17 Å². The Bertz CT molecular complexity index is 291. The molecule has 2 atom stereocenters. The molecule has 106 valence electrons. The molecular weight excluding hydrogens is 235 g/mol. The van der Waals surface area contributed by atoms with E-state index in [-0.39, 0.29) is 17.7 Å². The Kier molecular flexibility index (Phi) is 4.96. The van der Waals surface area contributed by atoms with Crippen molar-refractivity contribution >= 4 is 6.09 Å². The Labute approximate surface area is 109 Å². The lowest BCUT2D eigenvalue weighted by atomic mass is 10.1. The van der Waals surface area contributed by atoms with E-state index in [9.17, 15) is 9.18 Å². The van der Waals surface area contributed by atoms with Crippen molar-refractivity contribution in [2.45, 2.75) is 51.4 Å². The van der Waals surface area contributed by atoms with Gasteiger partial charge in [-0.05, 0) is 34.2 Å². The van der Waals surface area contributed by atoms with Gasteiger partial charge in [0, 0.05) is 32.1 Å². The first-order valence-electron chi connectivity index (χ1n) is 6.47. The molecule has 2 unspecified atom stereocenters. The lowest BCUT2D eigenvalue weighted by Gasteiger charge is -2.32. The van der Waals surface area contributed by atoms with Gasteiger partial charge in [-0.1, -0.05) is 0 Å². The molecule has 0 aromatic rings. The Morgan fingerprint density at radius 1 is 1.44 bits per heavy atom. The van der Waals surface area contributed by atoms with Gasteiger partial charge in [-0.25, -0.2) is 9.18 Å². The molecule has 1 amide bonds. The third-order valence-corrected chi connectivity index (χ3v) is 3.41. The highest BCUT2D eigenvalue weighted by Gasteiger charge is 2.29. The predicted molar refractivity (Wildman–Crippen MR) is 69.4 cm³/mol. The van der Waals surface area contributed by atoms with Gasteiger partial charge in [0.05, 0.1) is 0 Å². The van der Waals surface area contributed by atoms with Gasteiger partial charge in [-0.15, -0.1) is 0 Å². The van der Waals surface area contributed by atoms with Crippen LogP contribution in [-0.4, -0.2) is 60.9 Å². The van der Waals surface area contributed by atoms with Gasteiger partial charge >= 0.3 is 6.09 Å². The van der Waals surface area contributed by atoms with Crippen molar-refractivity contribution in [1.82, 2.24) is 9.80 Å². The van der Waals surface area contributed by atoms with Crippen LogP contribution in [0.5, 0.6) is 0 Å². The highest BCUT2D eigenvalue weighted by Crippen LogP contribution is 2.19. The topological polar surface area (TPSA) is 32.8 Å². The zero-order chi connectivity index (χ0) is 13.9. The lowest BCUT2D eigenvalue weighted by molar-refractivity contribution is 0.0361. The molecule has 5 heteroatoms. The molecule has 18 heavy (non-hydrogen) atoms. The first-order chi connectivity index (χ1) is 8.20. The summed E-state index contributed by atoms with van der Waals surface area (Å²) in [6, 6.07) is 0. The molecule has 0 spiro atoms. The maximum Gasteiger partial charge on any atom is 0.410 e. The Morgan fingerprint density at radius 3 is 2.61 bits per heavy atom. The number of carbonyl (C=O) groups is 1. The van der Waals surface area contributed by atoms with Crippen LogP contribution in [0.1, 0.15) is 33.6 Å². The molecule has 0 radical (unpaired) electrons. The van der Waals surface area contributed by atoms with Crippen molar-refractivity contribution in [1.29, 1.82) is 0 Å². The number of hydrogen-bond donors (Lipinski definition) is 0. The average molecular weight is 260 g/mol. The summed E-state index contributed by atoms with van der Waals surface area (Å²) >= 11 is 0. The van der Waals surface area contributed by atoms with E-state index in [1.165, 1.54) is 0 Å². The van der Waals surface area contributed by atoms with Gasteiger partial charge < -0.3 is 14.5 Å². The van der Waals surface area contributed by atoms with Crippen molar-refractivity contribution in [2.75, 3.05) is 27.2 Å². The quantitative estimate of drug-likeness (QED) is 0.725. The predicted octanol–water partition coefficient (Wildman–Crippen LogP) is 2.29. The molecule has 1 heterocycles. The largest absolute Gasteiger partial charge is 0.446 e. The number of carbonyl (C=O) groups excluding carboxylic acids is 1. The molecule has 0 N–H and O–H groups in total. The molecule has 0 bridgehead atoms. The molecule has 0 aromatic heterocycles. The Hall–Kier alpha value is -0.840. The first-order valence-corrected chi connectivity index (χ1v) is 6.47. The fourth-order valence-corrected chi connectivity index (χ4v) is 1.87. The Balaban J connectivity index is 2.54. The van der Waals surface area contributed by atoms with Crippen molar-refractivity contribution in [2.24, 2.45) is 0 Å². The Morgan fingerprint density at radius 2 is 2.06 bits per heavy atom. The van der Waals surface area contributed by atoms with Crippen LogP contribution < -0.4 is 0 Å². The van der Waals surface area contributed by atoms with E-state index in [4.69, 9.17) is 4.74 Å². The van der Waals surface area contributed by atoms with E-state index in [1.54, 1.807) is 11.9 Å². The number of alkyl halides is 1. The average Bonchev–Trinajstić information content (AvgIpc) is 2.37. The number of nitrogens with zero attached hydrogens (tertiary/aromatic N) is 2. The van der Waals surface area contributed by atoms with Gasteiger partial charge in [0.1, 0.15) is 12.3 Å². The molecule has 1 aliphatic heterocycles. The highest BCUT2D eigenvalue weighted by atomic mass is 19.1. The van der Waals surface area contributed by atoms with E-state index in [0.29, 0.717) is 19.4 Å². The zero-order valence-corrected chi connectivity index (χ0v) is 12.1. The molecular formula is C13H25FN2O2. The third-order valence-electron chi connectivity index (χ3n) is 3.41. The van der Waals surface area contributed by atoms with Crippen molar-refractivity contribution in [3.8, 4) is 0 Å². The normalized spacial score (nSPS) is 26.6. The molecule has 1 saturated heterocycles. The van der Waals surface area contributed by atoms with E-state index >= 15 is 0 Å². The third kappa shape index (κ3) is 4.44. The van der Waals surface area contributed by atoms with Crippen molar-refractivity contribution in [3.05, 3.63) is 0 Å². The summed E-state index contributed by atoms with van der Waals surface area (Å²) in [6.07, 6.45) is -0.615. The summed E-state index contributed by atoms with van der Waals surface area (Å²) in [5.74, 6) is 0. The number of halogens is 1. The molecule has 0 aromatic carbocycles. The van der Waals surface area contributed by atoms with Crippen molar-refractivity contribution in [3.63, 3.8) is 0 Å². The SMILES string of the molecule is CN1CCC(OC(=O)N(C)C(C)(C)C)CC(F)C1. The molecule has 1 rings (SSSR count). The fraction of sp³-hybridized carbons (Fsp3) is 0.923. The van der Waals surface area contributed by atoms with Gasteiger partial charge in [0.25, 0.3) is 0 Å². The summed E-state index contributed by atoms with van der Waals surface area (Å²) in [4.78, 5) is 15.4. The number of likely N-dealkylation sites (tertiary alicyclic amines) is 1. The van der Waals surface area contributed by atoms with E-state index in [2.05, 4.69) is 0 Å². The van der Waals surface area contributed by atoms with Crippen LogP contribution in [0.2, 0.25) is 0 Å². The maximum atomic E-state index is 13.6. The minimum absolute atomic E-state index is 0.284. The van der Waals surface area contributed by atoms with Crippen LogP contribution in [-0.2, 0) is 4.74 Å². The second-order valence-electron chi connectivity index (χ2n) is 6.12. The minimum Gasteiger partial charge on any atom is -0.446 e. The smallest absolute Gasteiger partial charge is 0.410 e. The lowest BCUT2D eigenvalue weighted by Crippen LogP contribution is -2.44. The number of ether oxygens (including phenoxy) is 1. The maximum absolute atomic E-state index is 13.6. The minimum atomic E-state index is -0.921. The highest BCUT2D eigenvalue weighted by molar-refractivity contribution is 5.68. The second-order valence-corrected chi connectivity index (χ2v) is 6.12. The number of rotatable bonds is 1. The monoisotopic (exact) mass is 260 g/mol. The summed E-state index contributed by atoms with van der Waals surface area (Å²) in [7, 11) is 3.59. The summed E-state index contributed by atoms with van der Waals surface area (Å²) in [5.41, 5.74) is -0.284. The molecule has 4 nitrogen and oxygen atoms in total. The summed E-state index contributed by atoms with van der Waals surface area (Å²) < 4.78 is 19.0. The van der Waals surface area contributed by atoms with Gasteiger partial charge in [0.2, 0.25) is 0 Å². The molecule has 1 aliphatic rings. The van der Waals surface area contributed by atoms with Gasteiger partial charge in [-0.3, -0.25) is 0 Å². The van der Waals surface area contributed by atoms with Crippen LogP contribution in [0.25, 0.3) is 0 Å². The fourth-order valence-electron chi connectivity index (χ4n) is 1.87. The van der Waals surface area contributed by atoms with Crippen LogP contribution >= 0.6 is 0 Å². The molecule has 1 fully saturated rings. The van der Waals surface area contributed by atoms with Gasteiger partial charge in [0.15, 0.2) is 0 Å². The van der Waals surface area contributed by atoms with Crippen LogP contribution in [0.3, 0.4) is 0 Å². The zero-order valence-electron chi connectivity index (χ0n) is 12.1. The molecule has 0 saturated carbocycles. The van der Waals surface area contributed by atoms with Crippen LogP contribution in [0, 0.1) is 0 Å². The van der Waals surface area contributed by atoms with E-state index in [1.807, 2.05) is 32.7 Å². The standard InChI is InChI=1S/C13H25FN2O2/c1-13(2,3)16(5)12(17)18-11-6-7-15(4)9-10(14)8-11/h10-11H,6-9H2,1-5H3. The second kappa shape index (κ2) is 5.87. The van der Waals surface area contributed by atoms with E-state index in [0.717, 1.165) is 6.54 Å². The molecule has 0 aliphatic carbocycles. The first kappa shape index (κ1) is 15.2. The van der Waals surface area contributed by atoms with Crippen molar-refractivity contribution < 1.29 is 13.9 Å².